The van der Waals surface area contributed by atoms with Crippen LogP contribution in [0.4, 0.5) is 0 Å². The molecule has 1 atom stereocenters. The molecule has 0 aliphatic heterocycles. The van der Waals surface area contributed by atoms with Crippen molar-refractivity contribution in [2.75, 3.05) is 12.8 Å². The topological polar surface area (TPSA) is 47.2 Å². The Balaban J connectivity index is 1.65. The molecule has 4 nitrogen and oxygen atoms in total. The lowest BCUT2D eigenvalue weighted by molar-refractivity contribution is -0.645. The number of carbonyl (C=O) groups is 1. The largest absolute Gasteiger partial charge is 0.618 e. The Morgan fingerprint density at radius 2 is 2.09 bits per heavy atom. The SMILES string of the molecule is CN(C(=O)CSc1cccc[n+]1[O-])[C@@H]1CCc2ccccc21. The number of thioether (sulfide) groups is 1. The molecule has 22 heavy (non-hydrogen) atoms. The molecule has 1 aliphatic rings. The maximum absolute atomic E-state index is 12.4. The third-order valence-corrected chi connectivity index (χ3v) is 5.10. The average Bonchev–Trinajstić information content (AvgIpc) is 2.97. The molecule has 1 amide bonds. The highest BCUT2D eigenvalue weighted by atomic mass is 32.2. The first-order chi connectivity index (χ1) is 10.7. The Kier molecular flexibility index (Phi) is 4.34. The summed E-state index contributed by atoms with van der Waals surface area (Å²) >= 11 is 1.28. The van der Waals surface area contributed by atoms with Gasteiger partial charge in [-0.1, -0.05) is 24.3 Å². The third-order valence-electron chi connectivity index (χ3n) is 4.09. The lowest BCUT2D eigenvalue weighted by atomic mass is 10.1. The van der Waals surface area contributed by atoms with E-state index in [9.17, 15) is 10.0 Å². The van der Waals surface area contributed by atoms with Crippen LogP contribution in [0.15, 0.2) is 53.7 Å². The fourth-order valence-corrected chi connectivity index (χ4v) is 3.71. The molecular formula is C17H18N2O2S. The summed E-state index contributed by atoms with van der Waals surface area (Å²) in [4.78, 5) is 14.2. The van der Waals surface area contributed by atoms with E-state index < -0.39 is 0 Å². The highest BCUT2D eigenvalue weighted by molar-refractivity contribution is 7.99. The predicted octanol–water partition coefficient (Wildman–Crippen LogP) is 2.56. The number of aromatic nitrogens is 1. The van der Waals surface area contributed by atoms with Gasteiger partial charge in [-0.05, 0) is 41.8 Å². The standard InChI is InChI=1S/C17H18N2O2S/c1-18(15-10-9-13-6-2-3-7-14(13)15)16(20)12-22-17-8-4-5-11-19(17)21/h2-8,11,15H,9-10,12H2,1H3/t15-/m1/s1. The van der Waals surface area contributed by atoms with E-state index in [0.29, 0.717) is 5.03 Å². The summed E-state index contributed by atoms with van der Waals surface area (Å²) in [5.41, 5.74) is 2.59. The molecule has 1 aliphatic carbocycles. The van der Waals surface area contributed by atoms with Gasteiger partial charge in [-0.15, -0.1) is 0 Å². The summed E-state index contributed by atoms with van der Waals surface area (Å²) in [6.45, 7) is 0. The molecular weight excluding hydrogens is 296 g/mol. The normalized spacial score (nSPS) is 16.3. The summed E-state index contributed by atoms with van der Waals surface area (Å²) < 4.78 is 0.794. The fraction of sp³-hybridized carbons (Fsp3) is 0.294. The van der Waals surface area contributed by atoms with Gasteiger partial charge in [0.25, 0.3) is 5.03 Å². The number of hydrogen-bond donors (Lipinski definition) is 0. The summed E-state index contributed by atoms with van der Waals surface area (Å²) in [6.07, 6.45) is 3.44. The molecule has 0 N–H and O–H groups in total. The Bertz CT molecular complexity index is 690. The molecule has 0 radical (unpaired) electrons. The highest BCUT2D eigenvalue weighted by Crippen LogP contribution is 2.35. The smallest absolute Gasteiger partial charge is 0.251 e. The average molecular weight is 314 g/mol. The van der Waals surface area contributed by atoms with Crippen LogP contribution in [-0.4, -0.2) is 23.6 Å². The van der Waals surface area contributed by atoms with Crippen molar-refractivity contribution in [3.05, 3.63) is 65.0 Å². The van der Waals surface area contributed by atoms with Crippen LogP contribution in [0.5, 0.6) is 0 Å². The van der Waals surface area contributed by atoms with Crippen molar-refractivity contribution in [3.63, 3.8) is 0 Å². The Labute approximate surface area is 134 Å². The van der Waals surface area contributed by atoms with Crippen molar-refractivity contribution < 1.29 is 9.52 Å². The fourth-order valence-electron chi connectivity index (χ4n) is 2.87. The van der Waals surface area contributed by atoms with E-state index in [1.807, 2.05) is 24.1 Å². The summed E-state index contributed by atoms with van der Waals surface area (Å²) in [5, 5.41) is 12.1. The molecule has 0 bridgehead atoms. The molecule has 0 saturated heterocycles. The van der Waals surface area contributed by atoms with Gasteiger partial charge >= 0.3 is 0 Å². The minimum absolute atomic E-state index is 0.0514. The van der Waals surface area contributed by atoms with Crippen LogP contribution in [0.2, 0.25) is 0 Å². The molecule has 2 aromatic rings. The minimum Gasteiger partial charge on any atom is -0.618 e. The van der Waals surface area contributed by atoms with Crippen molar-refractivity contribution in [2.45, 2.75) is 23.9 Å². The zero-order chi connectivity index (χ0) is 15.5. The summed E-state index contributed by atoms with van der Waals surface area (Å²) in [7, 11) is 1.85. The van der Waals surface area contributed by atoms with Crippen molar-refractivity contribution >= 4 is 17.7 Å². The van der Waals surface area contributed by atoms with E-state index in [1.54, 1.807) is 18.2 Å². The quantitative estimate of drug-likeness (QED) is 0.495. The Morgan fingerprint density at radius 1 is 1.32 bits per heavy atom. The van der Waals surface area contributed by atoms with Gasteiger partial charge in [-0.25, -0.2) is 0 Å². The molecule has 3 rings (SSSR count). The van der Waals surface area contributed by atoms with Crippen molar-refractivity contribution in [1.29, 1.82) is 0 Å². The number of aryl methyl sites for hydroxylation is 1. The first kappa shape index (κ1) is 14.9. The van der Waals surface area contributed by atoms with Crippen LogP contribution in [0.25, 0.3) is 0 Å². The van der Waals surface area contributed by atoms with E-state index in [-0.39, 0.29) is 17.7 Å². The molecule has 1 aromatic carbocycles. The molecule has 0 fully saturated rings. The van der Waals surface area contributed by atoms with Crippen LogP contribution in [0.3, 0.4) is 0 Å². The second-order valence-electron chi connectivity index (χ2n) is 5.41. The Hall–Kier alpha value is -2.01. The zero-order valence-corrected chi connectivity index (χ0v) is 13.3. The number of benzene rings is 1. The maximum Gasteiger partial charge on any atom is 0.251 e. The molecule has 0 unspecified atom stereocenters. The highest BCUT2D eigenvalue weighted by Gasteiger charge is 2.28. The number of hydrogen-bond acceptors (Lipinski definition) is 3. The molecule has 0 saturated carbocycles. The van der Waals surface area contributed by atoms with Gasteiger partial charge < -0.3 is 10.1 Å². The van der Waals surface area contributed by atoms with E-state index in [0.717, 1.165) is 17.6 Å². The number of amides is 1. The van der Waals surface area contributed by atoms with E-state index >= 15 is 0 Å². The lowest BCUT2D eigenvalue weighted by Gasteiger charge is -2.25. The van der Waals surface area contributed by atoms with Crippen molar-refractivity contribution in [1.82, 2.24) is 4.90 Å². The van der Waals surface area contributed by atoms with E-state index in [4.69, 9.17) is 0 Å². The second kappa shape index (κ2) is 6.40. The number of carbonyl (C=O) groups excluding carboxylic acids is 1. The summed E-state index contributed by atoms with van der Waals surface area (Å²) in [5.74, 6) is 0.331. The zero-order valence-electron chi connectivity index (χ0n) is 12.4. The van der Waals surface area contributed by atoms with Crippen molar-refractivity contribution in [3.8, 4) is 0 Å². The first-order valence-corrected chi connectivity index (χ1v) is 8.30. The predicted molar refractivity (Wildman–Crippen MR) is 86.4 cm³/mol. The van der Waals surface area contributed by atoms with Gasteiger partial charge in [0.05, 0.1) is 11.8 Å². The third kappa shape index (κ3) is 2.95. The number of rotatable bonds is 4. The lowest BCUT2D eigenvalue weighted by Crippen LogP contribution is -2.33. The number of nitrogens with zero attached hydrogens (tertiary/aromatic N) is 2. The monoisotopic (exact) mass is 314 g/mol. The molecule has 5 heteroatoms. The van der Waals surface area contributed by atoms with Gasteiger partial charge in [0.1, 0.15) is 0 Å². The molecule has 1 aromatic heterocycles. The van der Waals surface area contributed by atoms with Crippen LogP contribution in [0, 0.1) is 5.21 Å². The minimum atomic E-state index is 0.0514. The van der Waals surface area contributed by atoms with E-state index in [1.165, 1.54) is 29.1 Å². The number of pyridine rings is 1. The van der Waals surface area contributed by atoms with Gasteiger partial charge in [0.2, 0.25) is 5.91 Å². The van der Waals surface area contributed by atoms with Crippen LogP contribution < -0.4 is 4.73 Å². The molecule has 0 spiro atoms. The van der Waals surface area contributed by atoms with Crippen LogP contribution in [-0.2, 0) is 11.2 Å². The van der Waals surface area contributed by atoms with Gasteiger partial charge in [0.15, 0.2) is 6.20 Å². The van der Waals surface area contributed by atoms with Gasteiger partial charge in [0, 0.05) is 19.2 Å². The van der Waals surface area contributed by atoms with Crippen LogP contribution >= 0.6 is 11.8 Å². The second-order valence-corrected chi connectivity index (χ2v) is 6.41. The molecule has 114 valence electrons. The van der Waals surface area contributed by atoms with Crippen molar-refractivity contribution in [2.24, 2.45) is 0 Å². The molecule has 1 heterocycles. The van der Waals surface area contributed by atoms with Gasteiger partial charge in [-0.3, -0.25) is 4.79 Å². The van der Waals surface area contributed by atoms with Crippen LogP contribution in [0.1, 0.15) is 23.6 Å². The summed E-state index contributed by atoms with van der Waals surface area (Å²) in [6, 6.07) is 13.7. The van der Waals surface area contributed by atoms with Gasteiger partial charge in [-0.2, -0.15) is 4.73 Å². The number of fused-ring (bicyclic) bond motifs is 1. The maximum atomic E-state index is 12.4. The Morgan fingerprint density at radius 3 is 2.91 bits per heavy atom. The first-order valence-electron chi connectivity index (χ1n) is 7.31. The van der Waals surface area contributed by atoms with E-state index in [2.05, 4.69) is 12.1 Å².